The van der Waals surface area contributed by atoms with Gasteiger partial charge in [0, 0.05) is 29.8 Å². The molecule has 28 heavy (non-hydrogen) atoms. The average Bonchev–Trinajstić information content (AvgIpc) is 3.30. The SMILES string of the molecule is C(=C(Nc1ccccc1)c1ccccc1)C(=Nc1ccccc1)N1CCSC1. The molecule has 1 aliphatic rings. The highest BCUT2D eigenvalue weighted by Gasteiger charge is 2.16. The van der Waals surface area contributed by atoms with Crippen LogP contribution in [0.4, 0.5) is 11.4 Å². The highest BCUT2D eigenvalue weighted by atomic mass is 32.2. The Balaban J connectivity index is 1.75. The molecule has 1 aliphatic heterocycles. The molecule has 3 aromatic rings. The van der Waals surface area contributed by atoms with Crippen molar-refractivity contribution in [3.8, 4) is 0 Å². The normalized spacial score (nSPS) is 14.9. The van der Waals surface area contributed by atoms with Crippen LogP contribution in [0.2, 0.25) is 0 Å². The van der Waals surface area contributed by atoms with Crippen LogP contribution in [0.3, 0.4) is 0 Å². The number of thioether (sulfide) groups is 1. The summed E-state index contributed by atoms with van der Waals surface area (Å²) in [5.41, 5.74) is 4.21. The molecule has 0 radical (unpaired) electrons. The minimum Gasteiger partial charge on any atom is -0.355 e. The van der Waals surface area contributed by atoms with Crippen LogP contribution < -0.4 is 5.32 Å². The maximum atomic E-state index is 4.96. The van der Waals surface area contributed by atoms with Gasteiger partial charge in [0.25, 0.3) is 0 Å². The molecule has 0 spiro atoms. The van der Waals surface area contributed by atoms with Crippen LogP contribution in [0, 0.1) is 0 Å². The van der Waals surface area contributed by atoms with Gasteiger partial charge in [-0.25, -0.2) is 4.99 Å². The van der Waals surface area contributed by atoms with Gasteiger partial charge in [-0.3, -0.25) is 0 Å². The van der Waals surface area contributed by atoms with Gasteiger partial charge < -0.3 is 10.2 Å². The highest BCUT2D eigenvalue weighted by Crippen LogP contribution is 2.23. The summed E-state index contributed by atoms with van der Waals surface area (Å²) in [6.07, 6.45) is 2.17. The quantitative estimate of drug-likeness (QED) is 0.439. The van der Waals surface area contributed by atoms with E-state index >= 15 is 0 Å². The van der Waals surface area contributed by atoms with Crippen molar-refractivity contribution in [1.82, 2.24) is 4.90 Å². The summed E-state index contributed by atoms with van der Waals surface area (Å²) in [6, 6.07) is 30.9. The summed E-state index contributed by atoms with van der Waals surface area (Å²) in [5, 5.41) is 3.58. The number of amidine groups is 1. The number of nitrogens with zero attached hydrogens (tertiary/aromatic N) is 2. The zero-order chi connectivity index (χ0) is 19.0. The molecule has 0 aliphatic carbocycles. The molecule has 1 saturated heterocycles. The third-order valence-electron chi connectivity index (χ3n) is 4.49. The van der Waals surface area contributed by atoms with Crippen LogP contribution in [-0.2, 0) is 0 Å². The molecule has 0 aromatic heterocycles. The minimum absolute atomic E-state index is 0.968. The zero-order valence-electron chi connectivity index (χ0n) is 15.7. The first-order valence-corrected chi connectivity index (χ1v) is 10.6. The molecule has 140 valence electrons. The Bertz CT molecular complexity index is 931. The van der Waals surface area contributed by atoms with E-state index in [4.69, 9.17) is 4.99 Å². The summed E-state index contributed by atoms with van der Waals surface area (Å²) in [4.78, 5) is 7.30. The molecular formula is C24H23N3S. The minimum atomic E-state index is 0.968. The number of hydrogen-bond donors (Lipinski definition) is 1. The Hall–Kier alpha value is -2.98. The van der Waals surface area contributed by atoms with E-state index in [-0.39, 0.29) is 0 Å². The van der Waals surface area contributed by atoms with Crippen LogP contribution in [-0.4, -0.2) is 28.9 Å². The fraction of sp³-hybridized carbons (Fsp3) is 0.125. The van der Waals surface area contributed by atoms with Gasteiger partial charge >= 0.3 is 0 Å². The number of rotatable bonds is 5. The van der Waals surface area contributed by atoms with E-state index in [2.05, 4.69) is 52.7 Å². The Morgan fingerprint density at radius 1 is 0.857 bits per heavy atom. The molecule has 3 aromatic carbocycles. The van der Waals surface area contributed by atoms with E-state index in [9.17, 15) is 0 Å². The van der Waals surface area contributed by atoms with Crippen molar-refractivity contribution in [1.29, 1.82) is 0 Å². The van der Waals surface area contributed by atoms with Gasteiger partial charge in [-0.2, -0.15) is 0 Å². The van der Waals surface area contributed by atoms with E-state index in [1.165, 1.54) is 0 Å². The summed E-state index contributed by atoms with van der Waals surface area (Å²) < 4.78 is 0. The molecule has 0 bridgehead atoms. The fourth-order valence-electron chi connectivity index (χ4n) is 3.04. The van der Waals surface area contributed by atoms with Crippen molar-refractivity contribution in [3.05, 3.63) is 103 Å². The molecule has 1 N–H and O–H groups in total. The van der Waals surface area contributed by atoms with E-state index < -0.39 is 0 Å². The standard InChI is InChI=1S/C24H23N3S/c1-4-10-20(11-5-1)23(25-21-12-6-2-7-13-21)18-24(27-16-17-28-19-27)26-22-14-8-3-9-15-22/h1-15,18,25H,16-17,19H2. The van der Waals surface area contributed by atoms with Crippen molar-refractivity contribution in [2.24, 2.45) is 4.99 Å². The second-order valence-electron chi connectivity index (χ2n) is 6.52. The van der Waals surface area contributed by atoms with Gasteiger partial charge in [-0.05, 0) is 29.8 Å². The molecule has 0 atom stereocenters. The molecule has 0 saturated carbocycles. The number of anilines is 1. The molecule has 4 heteroatoms. The van der Waals surface area contributed by atoms with Crippen molar-refractivity contribution >= 4 is 34.7 Å². The van der Waals surface area contributed by atoms with Crippen LogP contribution in [0.25, 0.3) is 5.70 Å². The maximum absolute atomic E-state index is 4.96. The van der Waals surface area contributed by atoms with Gasteiger partial charge in [0.2, 0.25) is 0 Å². The second-order valence-corrected chi connectivity index (χ2v) is 7.60. The summed E-state index contributed by atoms with van der Waals surface area (Å²) in [6.45, 7) is 1.01. The van der Waals surface area contributed by atoms with Crippen molar-refractivity contribution in [3.63, 3.8) is 0 Å². The molecule has 0 unspecified atom stereocenters. The van der Waals surface area contributed by atoms with E-state index in [1.54, 1.807) is 0 Å². The third kappa shape index (κ3) is 4.84. The van der Waals surface area contributed by atoms with Gasteiger partial charge in [-0.1, -0.05) is 66.7 Å². The number of hydrogen-bond acceptors (Lipinski definition) is 3. The number of nitrogens with one attached hydrogen (secondary N) is 1. The highest BCUT2D eigenvalue weighted by molar-refractivity contribution is 7.99. The lowest BCUT2D eigenvalue weighted by atomic mass is 10.1. The Morgan fingerprint density at radius 3 is 2.14 bits per heavy atom. The monoisotopic (exact) mass is 385 g/mol. The van der Waals surface area contributed by atoms with E-state index in [0.717, 1.165) is 46.6 Å². The number of para-hydroxylation sites is 2. The first-order chi connectivity index (χ1) is 13.9. The maximum Gasteiger partial charge on any atom is 0.132 e. The van der Waals surface area contributed by atoms with Gasteiger partial charge in [0.15, 0.2) is 0 Å². The van der Waals surface area contributed by atoms with E-state index in [0.29, 0.717) is 0 Å². The van der Waals surface area contributed by atoms with Gasteiger partial charge in [0.1, 0.15) is 5.84 Å². The molecule has 4 rings (SSSR count). The Morgan fingerprint density at radius 2 is 1.50 bits per heavy atom. The van der Waals surface area contributed by atoms with Gasteiger partial charge in [0.05, 0.1) is 11.6 Å². The summed E-state index contributed by atoms with van der Waals surface area (Å²) in [7, 11) is 0. The van der Waals surface area contributed by atoms with Crippen molar-refractivity contribution in [2.45, 2.75) is 0 Å². The molecular weight excluding hydrogens is 362 g/mol. The molecule has 0 amide bonds. The Labute approximate surface area is 170 Å². The van der Waals surface area contributed by atoms with Crippen LogP contribution in [0.1, 0.15) is 5.56 Å². The first kappa shape index (κ1) is 18.4. The number of benzene rings is 3. The third-order valence-corrected chi connectivity index (χ3v) is 5.45. The van der Waals surface area contributed by atoms with Crippen molar-refractivity contribution < 1.29 is 0 Å². The summed E-state index contributed by atoms with van der Waals surface area (Å²) in [5.74, 6) is 3.09. The Kier molecular flexibility index (Phi) is 6.10. The van der Waals surface area contributed by atoms with Crippen LogP contribution >= 0.6 is 11.8 Å². The molecule has 1 fully saturated rings. The summed E-state index contributed by atoms with van der Waals surface area (Å²) >= 11 is 1.94. The average molecular weight is 386 g/mol. The topological polar surface area (TPSA) is 27.6 Å². The number of aliphatic imine (C=N–C) groups is 1. The van der Waals surface area contributed by atoms with E-state index in [1.807, 2.05) is 66.4 Å². The van der Waals surface area contributed by atoms with Crippen LogP contribution in [0.5, 0.6) is 0 Å². The lowest BCUT2D eigenvalue weighted by Crippen LogP contribution is -2.26. The largest absolute Gasteiger partial charge is 0.355 e. The predicted molar refractivity (Wildman–Crippen MR) is 122 cm³/mol. The molecule has 3 nitrogen and oxygen atoms in total. The fourth-order valence-corrected chi connectivity index (χ4v) is 4.00. The molecule has 1 heterocycles. The zero-order valence-corrected chi connectivity index (χ0v) is 16.5. The second kappa shape index (κ2) is 9.29. The lowest BCUT2D eigenvalue weighted by Gasteiger charge is -2.19. The predicted octanol–water partition coefficient (Wildman–Crippen LogP) is 5.88. The first-order valence-electron chi connectivity index (χ1n) is 9.44. The van der Waals surface area contributed by atoms with Crippen LogP contribution in [0.15, 0.2) is 102 Å². The van der Waals surface area contributed by atoms with Gasteiger partial charge in [-0.15, -0.1) is 11.8 Å². The smallest absolute Gasteiger partial charge is 0.132 e. The lowest BCUT2D eigenvalue weighted by molar-refractivity contribution is 0.546. The van der Waals surface area contributed by atoms with Crippen molar-refractivity contribution in [2.75, 3.05) is 23.5 Å².